The van der Waals surface area contributed by atoms with E-state index >= 15 is 0 Å². The van der Waals surface area contributed by atoms with Gasteiger partial charge >= 0.3 is 0 Å². The van der Waals surface area contributed by atoms with E-state index in [1.807, 2.05) is 24.4 Å². The Hall–Kier alpha value is -1.78. The lowest BCUT2D eigenvalue weighted by molar-refractivity contribution is 0.121. The molecule has 0 spiro atoms. The standard InChI is InChI=1S/C15H14N2OS/c1-2-5-12(6-3-1)11-19-15-13(7-4-9-16-15)14-8-10-18-17-14/h1-9,17H,10-11H2. The third kappa shape index (κ3) is 2.97. The predicted octanol–water partition coefficient (Wildman–Crippen LogP) is 3.25. The molecule has 1 aromatic carbocycles. The van der Waals surface area contributed by atoms with Crippen molar-refractivity contribution >= 4 is 17.5 Å². The van der Waals surface area contributed by atoms with Crippen molar-refractivity contribution in [2.45, 2.75) is 10.8 Å². The zero-order valence-electron chi connectivity index (χ0n) is 10.4. The first kappa shape index (κ1) is 12.3. The van der Waals surface area contributed by atoms with Gasteiger partial charge in [0, 0.05) is 17.5 Å². The molecule has 0 bridgehead atoms. The molecule has 3 nitrogen and oxygen atoms in total. The van der Waals surface area contributed by atoms with Crippen molar-refractivity contribution in [1.82, 2.24) is 10.5 Å². The average molecular weight is 270 g/mol. The Balaban J connectivity index is 1.77. The van der Waals surface area contributed by atoms with Crippen molar-refractivity contribution in [2.75, 3.05) is 6.61 Å². The molecule has 0 radical (unpaired) electrons. The maximum absolute atomic E-state index is 5.15. The fourth-order valence-electron chi connectivity index (χ4n) is 1.89. The molecule has 2 aromatic rings. The number of aromatic nitrogens is 1. The summed E-state index contributed by atoms with van der Waals surface area (Å²) in [6, 6.07) is 14.4. The van der Waals surface area contributed by atoms with E-state index in [-0.39, 0.29) is 0 Å². The van der Waals surface area contributed by atoms with Crippen molar-refractivity contribution < 1.29 is 4.84 Å². The first-order valence-electron chi connectivity index (χ1n) is 6.13. The quantitative estimate of drug-likeness (QED) is 0.865. The zero-order chi connectivity index (χ0) is 12.9. The van der Waals surface area contributed by atoms with Gasteiger partial charge in [0.1, 0.15) is 5.03 Å². The van der Waals surface area contributed by atoms with E-state index in [9.17, 15) is 0 Å². The van der Waals surface area contributed by atoms with E-state index in [0.717, 1.165) is 22.0 Å². The molecule has 96 valence electrons. The van der Waals surface area contributed by atoms with Gasteiger partial charge in [-0.05, 0) is 23.8 Å². The number of hydrogen-bond acceptors (Lipinski definition) is 4. The summed E-state index contributed by atoms with van der Waals surface area (Å²) < 4.78 is 0. The fraction of sp³-hybridized carbons (Fsp3) is 0.133. The first-order valence-corrected chi connectivity index (χ1v) is 7.12. The SMILES string of the molecule is C1=C(c2cccnc2SCc2ccccc2)NOC1. The molecule has 0 saturated carbocycles. The van der Waals surface area contributed by atoms with Crippen LogP contribution in [0.25, 0.3) is 5.70 Å². The monoisotopic (exact) mass is 270 g/mol. The number of nitrogens with zero attached hydrogens (tertiary/aromatic N) is 1. The van der Waals surface area contributed by atoms with Gasteiger partial charge in [0.15, 0.2) is 0 Å². The lowest BCUT2D eigenvalue weighted by Crippen LogP contribution is -2.06. The molecule has 1 aromatic heterocycles. The van der Waals surface area contributed by atoms with Gasteiger partial charge in [0.25, 0.3) is 0 Å². The van der Waals surface area contributed by atoms with Crippen LogP contribution in [0.1, 0.15) is 11.1 Å². The number of hydroxylamine groups is 1. The van der Waals surface area contributed by atoms with Crippen LogP contribution in [0.3, 0.4) is 0 Å². The Labute approximate surface area is 116 Å². The van der Waals surface area contributed by atoms with E-state index in [0.29, 0.717) is 6.61 Å². The van der Waals surface area contributed by atoms with Crippen LogP contribution in [0.4, 0.5) is 0 Å². The fourth-order valence-corrected chi connectivity index (χ4v) is 2.85. The highest BCUT2D eigenvalue weighted by Gasteiger charge is 2.12. The Bertz CT molecular complexity index is 584. The summed E-state index contributed by atoms with van der Waals surface area (Å²) in [5, 5.41) is 1.02. The number of pyridine rings is 1. The number of hydrogen-bond donors (Lipinski definition) is 1. The van der Waals surface area contributed by atoms with E-state index < -0.39 is 0 Å². The van der Waals surface area contributed by atoms with Crippen molar-refractivity contribution in [1.29, 1.82) is 0 Å². The van der Waals surface area contributed by atoms with Gasteiger partial charge in [-0.2, -0.15) is 0 Å². The van der Waals surface area contributed by atoms with E-state index in [1.54, 1.807) is 11.8 Å². The molecule has 1 N–H and O–H groups in total. The molecule has 4 heteroatoms. The number of rotatable bonds is 4. The summed E-state index contributed by atoms with van der Waals surface area (Å²) in [6.07, 6.45) is 3.86. The molecule has 1 aliphatic rings. The summed E-state index contributed by atoms with van der Waals surface area (Å²) in [5.41, 5.74) is 6.32. The highest BCUT2D eigenvalue weighted by molar-refractivity contribution is 7.98. The Morgan fingerprint density at radius 1 is 1.16 bits per heavy atom. The van der Waals surface area contributed by atoms with E-state index in [4.69, 9.17) is 4.84 Å². The minimum atomic E-state index is 0.604. The van der Waals surface area contributed by atoms with Gasteiger partial charge in [-0.1, -0.05) is 30.3 Å². The van der Waals surface area contributed by atoms with Crippen LogP contribution in [-0.4, -0.2) is 11.6 Å². The molecule has 3 rings (SSSR count). The number of thioether (sulfide) groups is 1. The molecule has 0 unspecified atom stereocenters. The van der Waals surface area contributed by atoms with Gasteiger partial charge in [-0.3, -0.25) is 10.3 Å². The summed E-state index contributed by atoms with van der Waals surface area (Å²) in [4.78, 5) is 9.61. The molecular weight excluding hydrogens is 256 g/mol. The molecule has 19 heavy (non-hydrogen) atoms. The van der Waals surface area contributed by atoms with Gasteiger partial charge < -0.3 is 0 Å². The van der Waals surface area contributed by atoms with Crippen LogP contribution in [0.2, 0.25) is 0 Å². The lowest BCUT2D eigenvalue weighted by Gasteiger charge is -2.09. The van der Waals surface area contributed by atoms with Gasteiger partial charge in [0.05, 0.1) is 12.3 Å². The van der Waals surface area contributed by atoms with Crippen molar-refractivity contribution in [3.63, 3.8) is 0 Å². The van der Waals surface area contributed by atoms with Gasteiger partial charge in [-0.25, -0.2) is 4.98 Å². The van der Waals surface area contributed by atoms with Crippen molar-refractivity contribution in [3.05, 3.63) is 65.9 Å². The summed E-state index contributed by atoms with van der Waals surface area (Å²) in [7, 11) is 0. The molecule has 0 atom stereocenters. The molecule has 0 aliphatic carbocycles. The van der Waals surface area contributed by atoms with Crippen LogP contribution in [0.5, 0.6) is 0 Å². The van der Waals surface area contributed by atoms with Crippen LogP contribution < -0.4 is 5.48 Å². The predicted molar refractivity (Wildman–Crippen MR) is 77.3 cm³/mol. The molecule has 1 aliphatic heterocycles. The van der Waals surface area contributed by atoms with Crippen LogP contribution in [0.15, 0.2) is 59.8 Å². The van der Waals surface area contributed by atoms with Crippen LogP contribution >= 0.6 is 11.8 Å². The summed E-state index contributed by atoms with van der Waals surface area (Å²) in [5.74, 6) is 0.916. The van der Waals surface area contributed by atoms with E-state index in [1.165, 1.54) is 5.56 Å². The van der Waals surface area contributed by atoms with Crippen molar-refractivity contribution in [3.8, 4) is 0 Å². The molecule has 0 fully saturated rings. The zero-order valence-corrected chi connectivity index (χ0v) is 11.2. The molecule has 0 amide bonds. The Morgan fingerprint density at radius 3 is 2.84 bits per heavy atom. The van der Waals surface area contributed by atoms with Crippen LogP contribution in [-0.2, 0) is 10.6 Å². The second-order valence-electron chi connectivity index (χ2n) is 4.16. The molecular formula is C15H14N2OS. The van der Waals surface area contributed by atoms with Gasteiger partial charge in [0.2, 0.25) is 0 Å². The molecule has 0 saturated heterocycles. The Kier molecular flexibility index (Phi) is 3.81. The van der Waals surface area contributed by atoms with E-state index in [2.05, 4.69) is 40.8 Å². The first-order chi connectivity index (χ1) is 9.43. The maximum atomic E-state index is 5.15. The summed E-state index contributed by atoms with van der Waals surface area (Å²) in [6.45, 7) is 0.604. The topological polar surface area (TPSA) is 34.2 Å². The summed E-state index contributed by atoms with van der Waals surface area (Å²) >= 11 is 1.74. The van der Waals surface area contributed by atoms with Crippen LogP contribution in [0, 0.1) is 0 Å². The highest BCUT2D eigenvalue weighted by atomic mass is 32.2. The largest absolute Gasteiger partial charge is 0.272 e. The third-order valence-electron chi connectivity index (χ3n) is 2.83. The second-order valence-corrected chi connectivity index (χ2v) is 5.13. The minimum Gasteiger partial charge on any atom is -0.272 e. The number of benzene rings is 1. The van der Waals surface area contributed by atoms with Gasteiger partial charge in [-0.15, -0.1) is 11.8 Å². The smallest absolute Gasteiger partial charge is 0.106 e. The molecule has 2 heterocycles. The highest BCUT2D eigenvalue weighted by Crippen LogP contribution is 2.28. The Morgan fingerprint density at radius 2 is 2.05 bits per heavy atom. The minimum absolute atomic E-state index is 0.604. The maximum Gasteiger partial charge on any atom is 0.106 e. The normalized spacial score (nSPS) is 14.0. The third-order valence-corrected chi connectivity index (χ3v) is 3.91. The average Bonchev–Trinajstić information content (AvgIpc) is 3.01. The van der Waals surface area contributed by atoms with Crippen molar-refractivity contribution in [2.24, 2.45) is 0 Å². The second kappa shape index (κ2) is 5.91. The number of nitrogens with one attached hydrogen (secondary N) is 1. The lowest BCUT2D eigenvalue weighted by atomic mass is 10.2.